The second kappa shape index (κ2) is 10.1. The number of carbonyl (C=O) groups excluding carboxylic acids is 1. The number of H-pyrrole nitrogens is 1. The molecule has 7 heteroatoms. The van der Waals surface area contributed by atoms with Crippen molar-refractivity contribution >= 4 is 23.4 Å². The van der Waals surface area contributed by atoms with E-state index in [9.17, 15) is 14.9 Å². The number of aromatic amines is 1. The number of carbonyl (C=O) groups is 1. The van der Waals surface area contributed by atoms with E-state index in [1.165, 1.54) is 0 Å². The molecule has 1 atom stereocenters. The summed E-state index contributed by atoms with van der Waals surface area (Å²) in [4.78, 5) is 32.5. The summed E-state index contributed by atoms with van der Waals surface area (Å²) in [6.45, 7) is 5.87. The Morgan fingerprint density at radius 2 is 1.77 bits per heavy atom. The third kappa shape index (κ3) is 5.04. The smallest absolute Gasteiger partial charge is 0.270 e. The van der Waals surface area contributed by atoms with E-state index in [0.717, 1.165) is 41.4 Å². The van der Waals surface area contributed by atoms with E-state index in [4.69, 9.17) is 0 Å². The second-order valence-electron chi connectivity index (χ2n) is 6.98. The standard InChI is InChI=1S/C24H24N4O2S/c1-4-16-12-9-13-17(5-2)20(16)26-22(29)15(3)31-24-27-21(18-10-7-6-8-11-18)19(14-25)23(30)28-24/h6-13,15H,4-5H2,1-3H3,(H,26,29)(H,27,28,30)/t15-/m0/s1. The minimum absolute atomic E-state index is 0.0443. The van der Waals surface area contributed by atoms with Gasteiger partial charge in [-0.25, -0.2) is 4.98 Å². The summed E-state index contributed by atoms with van der Waals surface area (Å²) < 4.78 is 0. The van der Waals surface area contributed by atoms with Gasteiger partial charge in [0.15, 0.2) is 5.16 Å². The number of rotatable bonds is 7. The van der Waals surface area contributed by atoms with Crippen LogP contribution in [0.25, 0.3) is 11.3 Å². The van der Waals surface area contributed by atoms with Gasteiger partial charge in [0, 0.05) is 11.3 Å². The van der Waals surface area contributed by atoms with Crippen LogP contribution >= 0.6 is 11.8 Å². The van der Waals surface area contributed by atoms with Crippen LogP contribution in [0, 0.1) is 11.3 Å². The average molecular weight is 433 g/mol. The maximum atomic E-state index is 12.9. The number of hydrogen-bond donors (Lipinski definition) is 2. The molecule has 0 aliphatic carbocycles. The summed E-state index contributed by atoms with van der Waals surface area (Å²) >= 11 is 1.15. The first-order chi connectivity index (χ1) is 15.0. The highest BCUT2D eigenvalue weighted by atomic mass is 32.2. The lowest BCUT2D eigenvalue weighted by Crippen LogP contribution is -2.25. The predicted octanol–water partition coefficient (Wildman–Crippen LogP) is 4.55. The molecule has 1 amide bonds. The third-order valence-corrected chi connectivity index (χ3v) is 5.95. The first-order valence-electron chi connectivity index (χ1n) is 10.2. The number of hydrogen-bond acceptors (Lipinski definition) is 5. The van der Waals surface area contributed by atoms with Crippen LogP contribution in [-0.4, -0.2) is 21.1 Å². The molecule has 0 spiro atoms. The Morgan fingerprint density at radius 3 is 2.35 bits per heavy atom. The first-order valence-corrected chi connectivity index (χ1v) is 11.0. The Hall–Kier alpha value is -3.37. The van der Waals surface area contributed by atoms with Crippen LogP contribution < -0.4 is 10.9 Å². The minimum atomic E-state index is -0.518. The highest BCUT2D eigenvalue weighted by Gasteiger charge is 2.20. The van der Waals surface area contributed by atoms with Crippen molar-refractivity contribution in [2.24, 2.45) is 0 Å². The molecule has 0 fully saturated rings. The molecule has 2 aromatic carbocycles. The molecule has 0 aliphatic heterocycles. The molecule has 0 unspecified atom stereocenters. The molecule has 31 heavy (non-hydrogen) atoms. The van der Waals surface area contributed by atoms with Crippen molar-refractivity contribution < 1.29 is 4.79 Å². The fraction of sp³-hybridized carbons (Fsp3) is 0.250. The van der Waals surface area contributed by atoms with Crippen LogP contribution in [0.1, 0.15) is 37.5 Å². The van der Waals surface area contributed by atoms with E-state index in [-0.39, 0.29) is 11.5 Å². The van der Waals surface area contributed by atoms with E-state index < -0.39 is 10.8 Å². The molecule has 158 valence electrons. The van der Waals surface area contributed by atoms with Crippen molar-refractivity contribution in [1.82, 2.24) is 9.97 Å². The minimum Gasteiger partial charge on any atom is -0.325 e. The maximum absolute atomic E-state index is 12.9. The number of nitriles is 1. The number of aryl methyl sites for hydroxylation is 2. The molecule has 1 aromatic heterocycles. The molecule has 0 saturated heterocycles. The summed E-state index contributed by atoms with van der Waals surface area (Å²) in [5, 5.41) is 12.2. The molecular formula is C24H24N4O2S. The van der Waals surface area contributed by atoms with E-state index in [1.54, 1.807) is 19.1 Å². The summed E-state index contributed by atoms with van der Waals surface area (Å²) in [6, 6.07) is 17.0. The van der Waals surface area contributed by atoms with Crippen molar-refractivity contribution in [3.05, 3.63) is 75.6 Å². The number of amides is 1. The van der Waals surface area contributed by atoms with Gasteiger partial charge in [-0.1, -0.05) is 74.1 Å². The molecule has 3 aromatic rings. The largest absolute Gasteiger partial charge is 0.325 e. The van der Waals surface area contributed by atoms with Crippen LogP contribution in [0.15, 0.2) is 58.5 Å². The number of para-hydroxylation sites is 1. The van der Waals surface area contributed by atoms with Gasteiger partial charge in [0.2, 0.25) is 5.91 Å². The molecule has 2 N–H and O–H groups in total. The highest BCUT2D eigenvalue weighted by Crippen LogP contribution is 2.27. The van der Waals surface area contributed by atoms with Crippen molar-refractivity contribution in [1.29, 1.82) is 5.26 Å². The Balaban J connectivity index is 1.87. The number of benzene rings is 2. The first kappa shape index (κ1) is 22.3. The molecule has 3 rings (SSSR count). The van der Waals surface area contributed by atoms with Gasteiger partial charge in [-0.15, -0.1) is 0 Å². The van der Waals surface area contributed by atoms with Gasteiger partial charge in [0.25, 0.3) is 5.56 Å². The van der Waals surface area contributed by atoms with Gasteiger partial charge in [-0.2, -0.15) is 5.26 Å². The Kier molecular flexibility index (Phi) is 7.27. The van der Waals surface area contributed by atoms with Crippen molar-refractivity contribution in [2.75, 3.05) is 5.32 Å². The second-order valence-corrected chi connectivity index (χ2v) is 8.31. The van der Waals surface area contributed by atoms with E-state index in [1.807, 2.05) is 42.5 Å². The monoisotopic (exact) mass is 432 g/mol. The molecule has 1 heterocycles. The van der Waals surface area contributed by atoms with Crippen molar-refractivity contribution in [3.8, 4) is 17.3 Å². The van der Waals surface area contributed by atoms with Crippen molar-refractivity contribution in [2.45, 2.75) is 44.0 Å². The van der Waals surface area contributed by atoms with Gasteiger partial charge >= 0.3 is 0 Å². The lowest BCUT2D eigenvalue weighted by Gasteiger charge is -2.17. The topological polar surface area (TPSA) is 98.6 Å². The summed E-state index contributed by atoms with van der Waals surface area (Å²) in [6.07, 6.45) is 1.63. The predicted molar refractivity (Wildman–Crippen MR) is 124 cm³/mol. The van der Waals surface area contributed by atoms with Gasteiger partial charge in [-0.3, -0.25) is 9.59 Å². The van der Waals surface area contributed by atoms with Gasteiger partial charge in [-0.05, 0) is 30.9 Å². The molecule has 0 bridgehead atoms. The zero-order chi connectivity index (χ0) is 22.4. The van der Waals surface area contributed by atoms with E-state index in [0.29, 0.717) is 16.4 Å². The van der Waals surface area contributed by atoms with Crippen LogP contribution in [0.5, 0.6) is 0 Å². The van der Waals surface area contributed by atoms with Gasteiger partial charge in [0.05, 0.1) is 10.9 Å². The SMILES string of the molecule is CCc1cccc(CC)c1NC(=O)[C@H](C)Sc1nc(-c2ccccc2)c(C#N)c(=O)[nH]1. The Labute approximate surface area is 185 Å². The summed E-state index contributed by atoms with van der Waals surface area (Å²) in [5.41, 5.74) is 3.45. The lowest BCUT2D eigenvalue weighted by atomic mass is 10.0. The van der Waals surface area contributed by atoms with Crippen molar-refractivity contribution in [3.63, 3.8) is 0 Å². The number of anilines is 1. The quantitative estimate of drug-likeness (QED) is 0.421. The zero-order valence-corrected chi connectivity index (χ0v) is 18.5. The third-order valence-electron chi connectivity index (χ3n) is 4.96. The van der Waals surface area contributed by atoms with Crippen LogP contribution in [0.2, 0.25) is 0 Å². The molecule has 0 saturated carbocycles. The number of nitrogens with one attached hydrogen (secondary N) is 2. The van der Waals surface area contributed by atoms with Crippen LogP contribution in [0.4, 0.5) is 5.69 Å². The fourth-order valence-corrected chi connectivity index (χ4v) is 4.06. The number of thioether (sulfide) groups is 1. The Bertz CT molecular complexity index is 1160. The number of nitrogens with zero attached hydrogens (tertiary/aromatic N) is 2. The van der Waals surface area contributed by atoms with E-state index >= 15 is 0 Å². The molecule has 6 nitrogen and oxygen atoms in total. The van der Waals surface area contributed by atoms with Gasteiger partial charge in [0.1, 0.15) is 11.6 Å². The fourth-order valence-electron chi connectivity index (χ4n) is 3.27. The van der Waals surface area contributed by atoms with Crippen LogP contribution in [-0.2, 0) is 17.6 Å². The normalized spacial score (nSPS) is 11.5. The molecule has 0 radical (unpaired) electrons. The number of aromatic nitrogens is 2. The summed E-state index contributed by atoms with van der Waals surface area (Å²) in [5.74, 6) is -0.172. The van der Waals surface area contributed by atoms with Crippen LogP contribution in [0.3, 0.4) is 0 Å². The lowest BCUT2D eigenvalue weighted by molar-refractivity contribution is -0.115. The molecule has 0 aliphatic rings. The van der Waals surface area contributed by atoms with E-state index in [2.05, 4.69) is 29.1 Å². The maximum Gasteiger partial charge on any atom is 0.270 e. The zero-order valence-electron chi connectivity index (χ0n) is 17.7. The Morgan fingerprint density at radius 1 is 1.13 bits per heavy atom. The molecular weight excluding hydrogens is 408 g/mol. The van der Waals surface area contributed by atoms with Gasteiger partial charge < -0.3 is 10.3 Å². The summed E-state index contributed by atoms with van der Waals surface area (Å²) in [7, 11) is 0. The highest BCUT2D eigenvalue weighted by molar-refractivity contribution is 8.00. The average Bonchev–Trinajstić information content (AvgIpc) is 2.79.